The number of amides is 2. The third-order valence-corrected chi connectivity index (χ3v) is 5.39. The van der Waals surface area contributed by atoms with Crippen molar-refractivity contribution in [2.75, 3.05) is 14.1 Å². The highest BCUT2D eigenvalue weighted by atomic mass is 19.2. The fourth-order valence-corrected chi connectivity index (χ4v) is 3.45. The van der Waals surface area contributed by atoms with Crippen LogP contribution >= 0.6 is 0 Å². The first-order valence-corrected chi connectivity index (χ1v) is 9.00. The van der Waals surface area contributed by atoms with Gasteiger partial charge < -0.3 is 9.80 Å². The van der Waals surface area contributed by atoms with E-state index >= 15 is 0 Å². The number of benzene rings is 2. The molecule has 8 heteroatoms. The van der Waals surface area contributed by atoms with Crippen LogP contribution in [0.2, 0.25) is 0 Å². The zero-order chi connectivity index (χ0) is 22.2. The van der Waals surface area contributed by atoms with Crippen molar-refractivity contribution in [3.8, 4) is 6.07 Å². The molecular weight excluding hydrogens is 395 g/mol. The van der Waals surface area contributed by atoms with E-state index in [1.807, 2.05) is 0 Å². The number of nitrogens with zero attached hydrogens (tertiary/aromatic N) is 3. The molecule has 30 heavy (non-hydrogen) atoms. The molecule has 0 bridgehead atoms. The lowest BCUT2D eigenvalue weighted by Gasteiger charge is -2.45. The molecule has 0 N–H and O–H groups in total. The molecule has 154 valence electrons. The van der Waals surface area contributed by atoms with Gasteiger partial charge in [0.15, 0.2) is 11.6 Å². The van der Waals surface area contributed by atoms with Gasteiger partial charge in [-0.25, -0.2) is 13.2 Å². The molecule has 2 aromatic rings. The lowest BCUT2D eigenvalue weighted by Crippen LogP contribution is -2.64. The first-order valence-electron chi connectivity index (χ1n) is 9.00. The van der Waals surface area contributed by atoms with Gasteiger partial charge in [-0.2, -0.15) is 5.26 Å². The van der Waals surface area contributed by atoms with Gasteiger partial charge in [0.2, 0.25) is 0 Å². The van der Waals surface area contributed by atoms with Gasteiger partial charge in [0.25, 0.3) is 11.8 Å². The van der Waals surface area contributed by atoms with Crippen LogP contribution in [0.25, 0.3) is 6.08 Å². The van der Waals surface area contributed by atoms with E-state index in [0.29, 0.717) is 5.56 Å². The Hall–Kier alpha value is -3.60. The van der Waals surface area contributed by atoms with Crippen molar-refractivity contribution >= 4 is 17.9 Å². The van der Waals surface area contributed by atoms with E-state index in [4.69, 9.17) is 0 Å². The minimum Gasteiger partial charge on any atom is -0.326 e. The summed E-state index contributed by atoms with van der Waals surface area (Å²) in [5.74, 6) is -3.94. The van der Waals surface area contributed by atoms with Crippen LogP contribution in [0.4, 0.5) is 13.2 Å². The van der Waals surface area contributed by atoms with Crippen LogP contribution in [0, 0.1) is 28.8 Å². The average Bonchev–Trinajstić information content (AvgIpc) is 2.73. The van der Waals surface area contributed by atoms with Gasteiger partial charge in [-0.05, 0) is 42.8 Å². The van der Waals surface area contributed by atoms with Crippen molar-refractivity contribution in [3.63, 3.8) is 0 Å². The molecule has 1 atom stereocenters. The highest BCUT2D eigenvalue weighted by Crippen LogP contribution is 2.32. The van der Waals surface area contributed by atoms with Crippen molar-refractivity contribution in [2.45, 2.75) is 18.9 Å². The first-order chi connectivity index (χ1) is 14.1. The molecule has 1 saturated heterocycles. The second-order valence-corrected chi connectivity index (χ2v) is 7.27. The van der Waals surface area contributed by atoms with Crippen LogP contribution in [0.5, 0.6) is 0 Å². The molecule has 2 amide bonds. The predicted molar refractivity (Wildman–Crippen MR) is 103 cm³/mol. The van der Waals surface area contributed by atoms with Crippen LogP contribution in [0.3, 0.4) is 0 Å². The molecule has 1 aliphatic heterocycles. The summed E-state index contributed by atoms with van der Waals surface area (Å²) in [6.45, 7) is 1.58. The summed E-state index contributed by atoms with van der Waals surface area (Å²) in [5.41, 5.74) is -1.40. The molecule has 3 rings (SSSR count). The van der Waals surface area contributed by atoms with Crippen molar-refractivity contribution < 1.29 is 22.8 Å². The van der Waals surface area contributed by atoms with E-state index in [0.717, 1.165) is 23.1 Å². The second kappa shape index (κ2) is 7.67. The highest BCUT2D eigenvalue weighted by Gasteiger charge is 2.48. The van der Waals surface area contributed by atoms with Gasteiger partial charge in [-0.1, -0.05) is 12.1 Å². The third kappa shape index (κ3) is 3.43. The third-order valence-electron chi connectivity index (χ3n) is 5.39. The van der Waals surface area contributed by atoms with Crippen molar-refractivity contribution in [2.24, 2.45) is 0 Å². The largest absolute Gasteiger partial charge is 0.326 e. The maximum Gasteiger partial charge on any atom is 0.271 e. The summed E-state index contributed by atoms with van der Waals surface area (Å²) in [7, 11) is 2.78. The smallest absolute Gasteiger partial charge is 0.271 e. The van der Waals surface area contributed by atoms with Gasteiger partial charge >= 0.3 is 0 Å². The molecule has 0 aliphatic carbocycles. The number of carbonyl (C=O) groups is 2. The fraction of sp³-hybridized carbons (Fsp3) is 0.227. The van der Waals surface area contributed by atoms with Crippen molar-refractivity contribution in [1.29, 1.82) is 5.26 Å². The Morgan fingerprint density at radius 2 is 1.70 bits per heavy atom. The number of carbonyl (C=O) groups excluding carboxylic acids is 2. The summed E-state index contributed by atoms with van der Waals surface area (Å²) in [6.07, 6.45) is 1.13. The number of likely N-dealkylation sites (N-methyl/N-ethyl adjacent to an activating group) is 2. The number of piperazine rings is 1. The Labute approximate surface area is 171 Å². The maximum absolute atomic E-state index is 14.3. The van der Waals surface area contributed by atoms with E-state index in [1.54, 1.807) is 13.0 Å². The van der Waals surface area contributed by atoms with Crippen LogP contribution in [0.1, 0.15) is 23.6 Å². The lowest BCUT2D eigenvalue weighted by molar-refractivity contribution is -0.155. The number of hydrogen-bond acceptors (Lipinski definition) is 3. The van der Waals surface area contributed by atoms with Crippen LogP contribution in [-0.4, -0.2) is 41.2 Å². The molecule has 1 fully saturated rings. The van der Waals surface area contributed by atoms with E-state index in [1.165, 1.54) is 43.3 Å². The Kier molecular flexibility index (Phi) is 5.40. The molecule has 0 spiro atoms. The Bertz CT molecular complexity index is 1110. The summed E-state index contributed by atoms with van der Waals surface area (Å²) >= 11 is 0. The second-order valence-electron chi connectivity index (χ2n) is 7.27. The molecule has 1 unspecified atom stereocenters. The number of nitriles is 1. The zero-order valence-electron chi connectivity index (χ0n) is 16.5. The normalized spacial score (nSPS) is 20.6. The molecule has 5 nitrogen and oxygen atoms in total. The molecule has 0 aromatic heterocycles. The van der Waals surface area contributed by atoms with Gasteiger partial charge in [0.1, 0.15) is 17.1 Å². The summed E-state index contributed by atoms with van der Waals surface area (Å²) in [6, 6.07) is 9.25. The molecular formula is C22H18F3N3O2. The summed E-state index contributed by atoms with van der Waals surface area (Å²) in [4.78, 5) is 28.5. The average molecular weight is 413 g/mol. The SMILES string of the molecule is CN1C(=O)C(C)(Cc2ccc(F)cc2)N(C)C(=O)/C1=C\c1c(C#N)ccc(F)c1F. The van der Waals surface area contributed by atoms with Gasteiger partial charge in [-0.3, -0.25) is 9.59 Å². The van der Waals surface area contributed by atoms with Gasteiger partial charge in [0, 0.05) is 26.1 Å². The van der Waals surface area contributed by atoms with Crippen LogP contribution in [-0.2, 0) is 16.0 Å². The van der Waals surface area contributed by atoms with Crippen LogP contribution in [0.15, 0.2) is 42.1 Å². The standard InChI is InChI=1S/C22H18F3N3O2/c1-22(11-13-4-7-15(23)8-5-13)21(30)27(2)18(20(29)28(22)3)10-16-14(12-26)6-9-17(24)19(16)25/h4-10H,11H2,1-3H3/b18-10+. The number of rotatable bonds is 3. The zero-order valence-corrected chi connectivity index (χ0v) is 16.5. The van der Waals surface area contributed by atoms with E-state index in [-0.39, 0.29) is 17.7 Å². The molecule has 1 heterocycles. The van der Waals surface area contributed by atoms with Crippen molar-refractivity contribution in [3.05, 3.63) is 76.2 Å². The summed E-state index contributed by atoms with van der Waals surface area (Å²) in [5, 5.41) is 9.19. The maximum atomic E-state index is 14.3. The Balaban J connectivity index is 2.04. The minimum atomic E-state index is -1.28. The number of halogens is 3. The topological polar surface area (TPSA) is 64.4 Å². The fourth-order valence-electron chi connectivity index (χ4n) is 3.45. The van der Waals surface area contributed by atoms with E-state index in [9.17, 15) is 28.0 Å². The van der Waals surface area contributed by atoms with Crippen LogP contribution < -0.4 is 0 Å². The molecule has 0 radical (unpaired) electrons. The monoisotopic (exact) mass is 413 g/mol. The minimum absolute atomic E-state index is 0.129. The predicted octanol–water partition coefficient (Wildman–Crippen LogP) is 3.25. The molecule has 1 aliphatic rings. The molecule has 0 saturated carbocycles. The quantitative estimate of drug-likeness (QED) is 0.726. The molecule has 2 aromatic carbocycles. The van der Waals surface area contributed by atoms with Crippen molar-refractivity contribution in [1.82, 2.24) is 9.80 Å². The highest BCUT2D eigenvalue weighted by molar-refractivity contribution is 6.08. The number of hydrogen-bond donors (Lipinski definition) is 0. The summed E-state index contributed by atoms with van der Waals surface area (Å²) < 4.78 is 41.2. The lowest BCUT2D eigenvalue weighted by atomic mass is 9.87. The first kappa shape index (κ1) is 21.1. The van der Waals surface area contributed by atoms with Gasteiger partial charge in [0.05, 0.1) is 11.6 Å². The van der Waals surface area contributed by atoms with E-state index in [2.05, 4.69) is 0 Å². The van der Waals surface area contributed by atoms with Gasteiger partial charge in [-0.15, -0.1) is 0 Å². The van der Waals surface area contributed by atoms with E-state index < -0.39 is 40.4 Å². The Morgan fingerprint density at radius 3 is 2.30 bits per heavy atom. The Morgan fingerprint density at radius 1 is 1.07 bits per heavy atom.